The second-order valence-electron chi connectivity index (χ2n) is 8.71. The average molecular weight is 463 g/mol. The van der Waals surface area contributed by atoms with Crippen molar-refractivity contribution in [2.45, 2.75) is 13.5 Å². The molecule has 0 N–H and O–H groups in total. The Morgan fingerprint density at radius 2 is 1.71 bits per heavy atom. The number of rotatable bonds is 5. The summed E-state index contributed by atoms with van der Waals surface area (Å²) < 4.78 is 1.85. The van der Waals surface area contributed by atoms with Crippen LogP contribution in [-0.2, 0) is 6.54 Å². The average Bonchev–Trinajstić information content (AvgIpc) is 3.33. The van der Waals surface area contributed by atoms with Gasteiger partial charge in [0.05, 0.1) is 17.7 Å². The molecule has 0 atom stereocenters. The van der Waals surface area contributed by atoms with Crippen LogP contribution in [0.4, 0.5) is 5.82 Å². The first kappa shape index (κ1) is 22.4. The van der Waals surface area contributed by atoms with Crippen LogP contribution in [0.2, 0.25) is 0 Å². The van der Waals surface area contributed by atoms with Gasteiger partial charge < -0.3 is 9.80 Å². The predicted molar refractivity (Wildman–Crippen MR) is 135 cm³/mol. The third-order valence-electron chi connectivity index (χ3n) is 6.28. The Morgan fingerprint density at radius 3 is 2.43 bits per heavy atom. The minimum atomic E-state index is -0.0268. The number of carbonyl (C=O) groups is 1. The zero-order valence-electron chi connectivity index (χ0n) is 19.6. The predicted octanol–water partition coefficient (Wildman–Crippen LogP) is 4.14. The second kappa shape index (κ2) is 9.82. The van der Waals surface area contributed by atoms with Crippen molar-refractivity contribution in [3.05, 3.63) is 101 Å². The number of hydrogen-bond acceptors (Lipinski definition) is 5. The lowest BCUT2D eigenvalue weighted by molar-refractivity contribution is 0.0747. The second-order valence-corrected chi connectivity index (χ2v) is 8.71. The van der Waals surface area contributed by atoms with E-state index in [9.17, 15) is 10.1 Å². The minimum Gasteiger partial charge on any atom is -0.352 e. The first-order chi connectivity index (χ1) is 17.1. The van der Waals surface area contributed by atoms with Gasteiger partial charge >= 0.3 is 0 Å². The molecule has 2 aromatic heterocycles. The molecule has 1 aliphatic heterocycles. The van der Waals surface area contributed by atoms with Gasteiger partial charge in [0.25, 0.3) is 5.91 Å². The summed E-state index contributed by atoms with van der Waals surface area (Å²) in [7, 11) is 0. The summed E-state index contributed by atoms with van der Waals surface area (Å²) in [5.74, 6) is 0.652. The number of nitrogens with zero attached hydrogens (tertiary/aromatic N) is 6. The fraction of sp³-hybridized carbons (Fsp3) is 0.214. The summed E-state index contributed by atoms with van der Waals surface area (Å²) in [6, 6.07) is 24.0. The summed E-state index contributed by atoms with van der Waals surface area (Å²) in [6.07, 6.45) is 3.56. The van der Waals surface area contributed by atoms with Crippen LogP contribution in [0.5, 0.6) is 0 Å². The van der Waals surface area contributed by atoms with Crippen LogP contribution in [0.25, 0.3) is 11.3 Å². The molecule has 3 heterocycles. The summed E-state index contributed by atoms with van der Waals surface area (Å²) in [5.41, 5.74) is 5.07. The number of pyridine rings is 1. The highest BCUT2D eigenvalue weighted by molar-refractivity contribution is 6.00. The van der Waals surface area contributed by atoms with Crippen molar-refractivity contribution in [1.82, 2.24) is 19.7 Å². The minimum absolute atomic E-state index is 0.0268. The van der Waals surface area contributed by atoms with Crippen molar-refractivity contribution in [1.29, 1.82) is 5.26 Å². The number of nitriles is 1. The normalized spacial score (nSPS) is 13.5. The van der Waals surface area contributed by atoms with Crippen LogP contribution in [0.15, 0.2) is 79.1 Å². The standard InChI is InChI=1S/C28H26N6O/c1-21-9-11-23(12-10-21)26-25(20-34(31-26)19-22-6-3-2-4-7-22)28(35)33-16-14-32(15-17-33)27-24(18-29)8-5-13-30-27/h2-13,20H,14-17,19H2,1H3. The van der Waals surface area contributed by atoms with Crippen molar-refractivity contribution in [2.75, 3.05) is 31.1 Å². The Labute approximate surface area is 204 Å². The lowest BCUT2D eigenvalue weighted by Crippen LogP contribution is -2.49. The van der Waals surface area contributed by atoms with E-state index in [1.54, 1.807) is 18.3 Å². The highest BCUT2D eigenvalue weighted by atomic mass is 16.2. The van der Waals surface area contributed by atoms with E-state index in [0.29, 0.717) is 55.4 Å². The van der Waals surface area contributed by atoms with E-state index in [4.69, 9.17) is 5.10 Å². The smallest absolute Gasteiger partial charge is 0.257 e. The quantitative estimate of drug-likeness (QED) is 0.446. The zero-order valence-corrected chi connectivity index (χ0v) is 19.6. The molecular weight excluding hydrogens is 436 g/mol. The van der Waals surface area contributed by atoms with Crippen LogP contribution in [0.3, 0.4) is 0 Å². The SMILES string of the molecule is Cc1ccc(-c2nn(Cc3ccccc3)cc2C(=O)N2CCN(c3ncccc3C#N)CC2)cc1. The molecule has 1 fully saturated rings. The van der Waals surface area contributed by atoms with Crippen LogP contribution >= 0.6 is 0 Å². The number of piperazine rings is 1. The number of benzene rings is 2. The maximum absolute atomic E-state index is 13.7. The zero-order chi connectivity index (χ0) is 24.2. The van der Waals surface area contributed by atoms with Gasteiger partial charge in [-0.2, -0.15) is 10.4 Å². The lowest BCUT2D eigenvalue weighted by atomic mass is 10.1. The van der Waals surface area contributed by atoms with Gasteiger partial charge in [0.15, 0.2) is 0 Å². The van der Waals surface area contributed by atoms with Crippen LogP contribution in [0, 0.1) is 18.3 Å². The maximum Gasteiger partial charge on any atom is 0.257 e. The molecule has 0 spiro atoms. The molecule has 5 rings (SSSR count). The maximum atomic E-state index is 13.7. The molecule has 0 radical (unpaired) electrons. The molecule has 1 aliphatic rings. The Morgan fingerprint density at radius 1 is 0.971 bits per heavy atom. The Kier molecular flexibility index (Phi) is 6.27. The Hall–Kier alpha value is -4.44. The Bertz CT molecular complexity index is 1360. The van der Waals surface area contributed by atoms with E-state index in [1.165, 1.54) is 0 Å². The van der Waals surface area contributed by atoms with Crippen molar-refractivity contribution in [2.24, 2.45) is 0 Å². The van der Waals surface area contributed by atoms with E-state index in [0.717, 1.165) is 16.7 Å². The molecule has 0 aliphatic carbocycles. The van der Waals surface area contributed by atoms with Crippen molar-refractivity contribution in [3.63, 3.8) is 0 Å². The highest BCUT2D eigenvalue weighted by Crippen LogP contribution is 2.26. The summed E-state index contributed by atoms with van der Waals surface area (Å²) in [4.78, 5) is 22.0. The highest BCUT2D eigenvalue weighted by Gasteiger charge is 2.27. The number of anilines is 1. The van der Waals surface area contributed by atoms with Crippen LogP contribution < -0.4 is 4.90 Å². The molecule has 0 bridgehead atoms. The molecule has 4 aromatic rings. The number of aryl methyl sites for hydroxylation is 1. The number of carbonyl (C=O) groups excluding carboxylic acids is 1. The largest absolute Gasteiger partial charge is 0.352 e. The van der Waals surface area contributed by atoms with Gasteiger partial charge in [0.1, 0.15) is 17.6 Å². The molecule has 174 valence electrons. The third-order valence-corrected chi connectivity index (χ3v) is 6.28. The molecule has 0 saturated carbocycles. The van der Waals surface area contributed by atoms with Gasteiger partial charge in [0, 0.05) is 44.1 Å². The van der Waals surface area contributed by atoms with Gasteiger partial charge in [-0.15, -0.1) is 0 Å². The van der Waals surface area contributed by atoms with E-state index in [1.807, 2.05) is 65.2 Å². The molecule has 7 heteroatoms. The lowest BCUT2D eigenvalue weighted by Gasteiger charge is -2.35. The first-order valence-corrected chi connectivity index (χ1v) is 11.7. The fourth-order valence-corrected chi connectivity index (χ4v) is 4.38. The molecule has 1 amide bonds. The van der Waals surface area contributed by atoms with Gasteiger partial charge in [-0.25, -0.2) is 4.98 Å². The topological polar surface area (TPSA) is 78.1 Å². The van der Waals surface area contributed by atoms with Crippen molar-refractivity contribution >= 4 is 11.7 Å². The fourth-order valence-electron chi connectivity index (χ4n) is 4.38. The van der Waals surface area contributed by atoms with Gasteiger partial charge in [-0.1, -0.05) is 60.2 Å². The molecular formula is C28H26N6O. The molecule has 2 aromatic carbocycles. The van der Waals surface area contributed by atoms with Gasteiger partial charge in [-0.3, -0.25) is 9.48 Å². The van der Waals surface area contributed by atoms with Crippen LogP contribution in [-0.4, -0.2) is 51.8 Å². The molecule has 1 saturated heterocycles. The monoisotopic (exact) mass is 462 g/mol. The Balaban J connectivity index is 1.39. The molecule has 0 unspecified atom stereocenters. The van der Waals surface area contributed by atoms with Crippen LogP contribution in [0.1, 0.15) is 27.0 Å². The summed E-state index contributed by atoms with van der Waals surface area (Å²) in [5, 5.41) is 14.2. The first-order valence-electron chi connectivity index (χ1n) is 11.7. The summed E-state index contributed by atoms with van der Waals surface area (Å²) in [6.45, 7) is 4.99. The van der Waals surface area contributed by atoms with E-state index >= 15 is 0 Å². The molecule has 35 heavy (non-hydrogen) atoms. The van der Waals surface area contributed by atoms with Gasteiger partial charge in [-0.05, 0) is 24.6 Å². The molecule has 7 nitrogen and oxygen atoms in total. The van der Waals surface area contributed by atoms with Gasteiger partial charge in [0.2, 0.25) is 0 Å². The van der Waals surface area contributed by atoms with E-state index in [-0.39, 0.29) is 5.91 Å². The van der Waals surface area contributed by atoms with Crippen molar-refractivity contribution < 1.29 is 4.79 Å². The number of aromatic nitrogens is 3. The van der Waals surface area contributed by atoms with E-state index in [2.05, 4.69) is 28.1 Å². The van der Waals surface area contributed by atoms with E-state index < -0.39 is 0 Å². The van der Waals surface area contributed by atoms with Crippen molar-refractivity contribution in [3.8, 4) is 17.3 Å². The number of hydrogen-bond donors (Lipinski definition) is 0. The third kappa shape index (κ3) is 4.78. The number of amides is 1. The summed E-state index contributed by atoms with van der Waals surface area (Å²) >= 11 is 0.